The number of hydrogen-bond donors (Lipinski definition) is 2. The first-order valence-corrected chi connectivity index (χ1v) is 15.0. The topological polar surface area (TPSA) is 119 Å². The second-order valence-corrected chi connectivity index (χ2v) is 13.5. The molecule has 3 amide bonds. The molecular formula is C27H37N4O5S2-. The summed E-state index contributed by atoms with van der Waals surface area (Å²) in [6, 6.07) is 1.70. The number of carbonyl (C=O) groups excluding carboxylic acids is 2. The minimum Gasteiger partial charge on any atom is -0.444 e. The zero-order valence-corrected chi connectivity index (χ0v) is 24.4. The normalized spacial score (nSPS) is 15.7. The minimum atomic E-state index is -1.87. The maximum atomic E-state index is 12.9. The van der Waals surface area contributed by atoms with E-state index in [0.717, 1.165) is 44.2 Å². The van der Waals surface area contributed by atoms with Gasteiger partial charge in [-0.1, -0.05) is 6.07 Å². The molecule has 0 aliphatic heterocycles. The van der Waals surface area contributed by atoms with Crippen LogP contribution in [0.2, 0.25) is 0 Å². The summed E-state index contributed by atoms with van der Waals surface area (Å²) in [6.07, 6.45) is 7.77. The van der Waals surface area contributed by atoms with Crippen LogP contribution in [0.1, 0.15) is 81.1 Å². The molecule has 0 saturated carbocycles. The Morgan fingerprint density at radius 1 is 1.08 bits per heavy atom. The highest BCUT2D eigenvalue weighted by Crippen LogP contribution is 2.38. The Morgan fingerprint density at radius 3 is 2.37 bits per heavy atom. The Hall–Kier alpha value is -2.50. The van der Waals surface area contributed by atoms with Gasteiger partial charge in [-0.25, -0.2) is 14.6 Å². The summed E-state index contributed by atoms with van der Waals surface area (Å²) < 4.78 is 28.4. The number of nitrogens with zero attached hydrogens (tertiary/aromatic N) is 2. The number of hydrogen-bond acceptors (Lipinski definition) is 8. The van der Waals surface area contributed by atoms with E-state index in [2.05, 4.69) is 26.0 Å². The lowest BCUT2D eigenvalue weighted by molar-refractivity contribution is -0.0228. The van der Waals surface area contributed by atoms with Crippen molar-refractivity contribution in [2.45, 2.75) is 95.0 Å². The predicted molar refractivity (Wildman–Crippen MR) is 148 cm³/mol. The fourth-order valence-electron chi connectivity index (χ4n) is 4.80. The van der Waals surface area contributed by atoms with E-state index >= 15 is 0 Å². The van der Waals surface area contributed by atoms with E-state index < -0.39 is 33.9 Å². The molecule has 0 fully saturated rings. The zero-order valence-electron chi connectivity index (χ0n) is 22.8. The van der Waals surface area contributed by atoms with Crippen LogP contribution in [-0.4, -0.2) is 35.9 Å². The highest BCUT2D eigenvalue weighted by Gasteiger charge is 2.26. The van der Waals surface area contributed by atoms with Crippen LogP contribution in [0.25, 0.3) is 0 Å². The number of aryl methyl sites for hydroxylation is 2. The number of urea groups is 1. The third-order valence-electron chi connectivity index (χ3n) is 6.49. The molecule has 4 rings (SSSR count). The first kappa shape index (κ1) is 28.5. The van der Waals surface area contributed by atoms with Crippen LogP contribution >= 0.6 is 11.3 Å². The van der Waals surface area contributed by atoms with E-state index in [-0.39, 0.29) is 0 Å². The lowest BCUT2D eigenvalue weighted by Gasteiger charge is -2.23. The largest absolute Gasteiger partial charge is 0.444 e. The summed E-state index contributed by atoms with van der Waals surface area (Å²) >= 11 is 1.21. The molecule has 0 atom stereocenters. The summed E-state index contributed by atoms with van der Waals surface area (Å²) in [6.45, 7) is 9.99. The van der Waals surface area contributed by atoms with Gasteiger partial charge in [0.25, 0.3) is 0 Å². The molecule has 0 radical (unpaired) electrons. The Balaban J connectivity index is 1.33. The van der Waals surface area contributed by atoms with E-state index in [1.807, 2.05) is 34.6 Å². The van der Waals surface area contributed by atoms with Gasteiger partial charge in [0.15, 0.2) is 0 Å². The molecule has 11 heteroatoms. The molecule has 208 valence electrons. The Bertz CT molecular complexity index is 1260. The van der Waals surface area contributed by atoms with Gasteiger partial charge in [-0.05, 0) is 106 Å². The van der Waals surface area contributed by atoms with Gasteiger partial charge in [0, 0.05) is 25.0 Å². The molecular weight excluding hydrogens is 524 g/mol. The molecule has 0 bridgehead atoms. The number of thiazole rings is 1. The van der Waals surface area contributed by atoms with E-state index in [4.69, 9.17) is 9.47 Å². The summed E-state index contributed by atoms with van der Waals surface area (Å²) in [5, 5.41) is 6.30. The molecule has 0 unspecified atom stereocenters. The van der Waals surface area contributed by atoms with Gasteiger partial charge in [-0.2, -0.15) is 0 Å². The quantitative estimate of drug-likeness (QED) is 0.300. The molecule has 1 heterocycles. The highest BCUT2D eigenvalue weighted by atomic mass is 32.2. The van der Waals surface area contributed by atoms with Crippen LogP contribution in [0.3, 0.4) is 0 Å². The zero-order chi connectivity index (χ0) is 27.5. The molecule has 2 aliphatic rings. The number of anilines is 1. The van der Waals surface area contributed by atoms with E-state index in [9.17, 15) is 13.8 Å². The van der Waals surface area contributed by atoms with Gasteiger partial charge < -0.3 is 28.7 Å². The molecule has 1 aromatic carbocycles. The van der Waals surface area contributed by atoms with Gasteiger partial charge in [0.1, 0.15) is 16.2 Å². The summed E-state index contributed by atoms with van der Waals surface area (Å²) in [5.74, 6) is 0. The lowest BCUT2D eigenvalue weighted by atomic mass is 9.99. The van der Waals surface area contributed by atoms with Crippen molar-refractivity contribution in [1.29, 1.82) is 0 Å². The molecule has 0 spiro atoms. The summed E-state index contributed by atoms with van der Waals surface area (Å²) in [5.41, 5.74) is 4.67. The van der Waals surface area contributed by atoms with Crippen molar-refractivity contribution < 1.29 is 23.3 Å². The molecule has 2 N–H and O–H groups in total. The first-order chi connectivity index (χ1) is 17.9. The number of rotatable bonds is 8. The smallest absolute Gasteiger partial charge is 0.407 e. The number of aromatic nitrogens is 1. The number of amides is 3. The number of benzene rings is 1. The number of alkyl carbamates (subject to hydrolysis) is 1. The molecule has 38 heavy (non-hydrogen) atoms. The third-order valence-corrected chi connectivity index (χ3v) is 9.05. The van der Waals surface area contributed by atoms with Crippen LogP contribution in [-0.2, 0) is 55.6 Å². The van der Waals surface area contributed by atoms with Crippen LogP contribution in [0, 0.1) is 0 Å². The number of ether oxygens (including phenoxy) is 2. The fraction of sp³-hybridized carbons (Fsp3) is 0.593. The Kier molecular flexibility index (Phi) is 8.78. The summed E-state index contributed by atoms with van der Waals surface area (Å²) in [4.78, 5) is 28.9. The minimum absolute atomic E-state index is 0.388. The van der Waals surface area contributed by atoms with Crippen molar-refractivity contribution in [2.75, 3.05) is 18.5 Å². The number of fused-ring (bicyclic) bond motifs is 2. The van der Waals surface area contributed by atoms with Gasteiger partial charge >= 0.3 is 12.1 Å². The maximum absolute atomic E-state index is 12.9. The van der Waals surface area contributed by atoms with Gasteiger partial charge in [-0.3, -0.25) is 0 Å². The van der Waals surface area contributed by atoms with E-state index in [1.54, 1.807) is 0 Å². The first-order valence-electron chi connectivity index (χ1n) is 13.1. The molecule has 0 saturated heterocycles. The van der Waals surface area contributed by atoms with Crippen LogP contribution in [0.15, 0.2) is 20.8 Å². The van der Waals surface area contributed by atoms with E-state index in [1.165, 1.54) is 39.8 Å². The Morgan fingerprint density at radius 2 is 1.74 bits per heavy atom. The van der Waals surface area contributed by atoms with Crippen molar-refractivity contribution >= 4 is 39.7 Å². The van der Waals surface area contributed by atoms with Crippen molar-refractivity contribution in [2.24, 2.45) is 4.36 Å². The van der Waals surface area contributed by atoms with Crippen LogP contribution in [0.5, 0.6) is 0 Å². The summed E-state index contributed by atoms with van der Waals surface area (Å²) in [7, 11) is -1.87. The predicted octanol–water partition coefficient (Wildman–Crippen LogP) is 6.03. The van der Waals surface area contributed by atoms with Crippen LogP contribution < -0.4 is 10.6 Å². The third kappa shape index (κ3) is 7.12. The SMILES string of the molecule is CC(C)(C)OC(=O)NCCCOC(C)(C)c1ncc([S-](=O)=NC(=O)Nc2c3c(cc4c2CCC4)CCC3)s1. The average Bonchev–Trinajstić information content (AvgIpc) is 3.57. The van der Waals surface area contributed by atoms with Crippen LogP contribution in [0.4, 0.5) is 15.3 Å². The van der Waals surface area contributed by atoms with Crippen molar-refractivity contribution in [3.63, 3.8) is 0 Å². The average molecular weight is 562 g/mol. The lowest BCUT2D eigenvalue weighted by Crippen LogP contribution is -2.33. The molecule has 2 aliphatic carbocycles. The number of carbonyl (C=O) groups is 2. The van der Waals surface area contributed by atoms with Gasteiger partial charge in [0.05, 0.1) is 0 Å². The molecule has 9 nitrogen and oxygen atoms in total. The molecule has 1 aromatic heterocycles. The van der Waals surface area contributed by atoms with Crippen molar-refractivity contribution in [3.05, 3.63) is 39.5 Å². The monoisotopic (exact) mass is 561 g/mol. The van der Waals surface area contributed by atoms with Crippen molar-refractivity contribution in [1.82, 2.24) is 10.3 Å². The van der Waals surface area contributed by atoms with Gasteiger partial charge in [-0.15, -0.1) is 21.9 Å². The highest BCUT2D eigenvalue weighted by molar-refractivity contribution is 7.78. The second-order valence-electron chi connectivity index (χ2n) is 11.1. The maximum Gasteiger partial charge on any atom is 0.407 e. The van der Waals surface area contributed by atoms with E-state index in [0.29, 0.717) is 28.8 Å². The Labute approximate surface area is 230 Å². The fourth-order valence-corrected chi connectivity index (χ4v) is 6.57. The van der Waals surface area contributed by atoms with Gasteiger partial charge in [0.2, 0.25) is 0 Å². The number of nitrogens with one attached hydrogen (secondary N) is 2. The second kappa shape index (κ2) is 11.7. The van der Waals surface area contributed by atoms with Crippen molar-refractivity contribution in [3.8, 4) is 0 Å². The standard InChI is InChI=1S/C27H37N4O5S2/c1-26(2,3)36-25(33)28-13-8-14-35-27(4,5)23-29-16-21(37-23)38(34)31-24(32)30-22-19-11-6-9-17(19)15-18-10-7-12-20(18)22/h15-16H,6-14H2,1-5H3,(H,28,33)(H,30,32)/q-1. The molecule has 2 aromatic rings.